The molecule has 0 unspecified atom stereocenters. The minimum atomic E-state index is -0.891. The number of nitrogens with two attached hydrogens (primary N) is 1. The van der Waals surface area contributed by atoms with Crippen LogP contribution in [0.2, 0.25) is 0 Å². The number of thiazole rings is 1. The van der Waals surface area contributed by atoms with E-state index >= 15 is 0 Å². The molecule has 1 aliphatic heterocycles. The van der Waals surface area contributed by atoms with Crippen molar-refractivity contribution < 1.29 is 8.78 Å². The van der Waals surface area contributed by atoms with Gasteiger partial charge in [-0.15, -0.1) is 11.3 Å². The van der Waals surface area contributed by atoms with Gasteiger partial charge < -0.3 is 10.6 Å². The van der Waals surface area contributed by atoms with Gasteiger partial charge in [-0.05, 0) is 49.8 Å². The molecule has 1 atom stereocenters. The van der Waals surface area contributed by atoms with Gasteiger partial charge in [0.1, 0.15) is 5.52 Å². The lowest BCUT2D eigenvalue weighted by Crippen LogP contribution is -2.45. The Bertz CT molecular complexity index is 1340. The van der Waals surface area contributed by atoms with Gasteiger partial charge in [-0.3, -0.25) is 0 Å². The molecule has 6 nitrogen and oxygen atoms in total. The molecule has 1 fully saturated rings. The van der Waals surface area contributed by atoms with E-state index in [-0.39, 0.29) is 17.0 Å². The fourth-order valence-electron chi connectivity index (χ4n) is 5.34. The zero-order valence-electron chi connectivity index (χ0n) is 17.6. The van der Waals surface area contributed by atoms with Gasteiger partial charge in [-0.1, -0.05) is 6.07 Å². The summed E-state index contributed by atoms with van der Waals surface area (Å²) in [6, 6.07) is 6.02. The van der Waals surface area contributed by atoms with Crippen LogP contribution in [0.1, 0.15) is 35.1 Å². The normalized spacial score (nSPS) is 19.8. The number of halogens is 2. The summed E-state index contributed by atoms with van der Waals surface area (Å²) in [7, 11) is 0. The lowest BCUT2D eigenvalue weighted by atomic mass is 9.73. The zero-order chi connectivity index (χ0) is 22.0. The summed E-state index contributed by atoms with van der Waals surface area (Å²) in [5.41, 5.74) is 11.6. The van der Waals surface area contributed by atoms with E-state index in [0.29, 0.717) is 11.4 Å². The predicted octanol–water partition coefficient (Wildman–Crippen LogP) is 4.28. The lowest BCUT2D eigenvalue weighted by molar-refractivity contribution is 0.186. The van der Waals surface area contributed by atoms with E-state index in [9.17, 15) is 8.78 Å². The van der Waals surface area contributed by atoms with Crippen molar-refractivity contribution in [3.05, 3.63) is 63.9 Å². The van der Waals surface area contributed by atoms with Gasteiger partial charge in [0.25, 0.3) is 0 Å². The van der Waals surface area contributed by atoms with Gasteiger partial charge in [0.05, 0.1) is 34.8 Å². The molecule has 1 spiro atoms. The van der Waals surface area contributed by atoms with E-state index in [1.165, 1.54) is 10.9 Å². The molecule has 4 heterocycles. The van der Waals surface area contributed by atoms with E-state index in [4.69, 9.17) is 10.7 Å². The number of rotatable bonds is 2. The Balaban J connectivity index is 1.35. The molecule has 164 valence electrons. The molecule has 1 saturated heterocycles. The third kappa shape index (κ3) is 2.74. The topological polar surface area (TPSA) is 72.3 Å². The average molecular weight is 453 g/mol. The summed E-state index contributed by atoms with van der Waals surface area (Å²) in [4.78, 5) is 12.9. The van der Waals surface area contributed by atoms with Crippen LogP contribution in [0.4, 0.5) is 14.6 Å². The maximum Gasteiger partial charge on any atom is 0.168 e. The van der Waals surface area contributed by atoms with Crippen molar-refractivity contribution in [2.24, 2.45) is 11.1 Å². The van der Waals surface area contributed by atoms with Crippen molar-refractivity contribution in [2.75, 3.05) is 18.0 Å². The second-order valence-electron chi connectivity index (χ2n) is 8.76. The first-order valence-electron chi connectivity index (χ1n) is 10.7. The first-order chi connectivity index (χ1) is 15.5. The maximum atomic E-state index is 14.6. The highest BCUT2D eigenvalue weighted by molar-refractivity contribution is 7.09. The van der Waals surface area contributed by atoms with Crippen LogP contribution >= 0.6 is 11.3 Å². The average Bonchev–Trinajstić information content (AvgIpc) is 3.50. The summed E-state index contributed by atoms with van der Waals surface area (Å²) < 4.78 is 30.1. The molecule has 6 rings (SSSR count). The fraction of sp³-hybridized carbons (Fsp3) is 0.348. The van der Waals surface area contributed by atoms with Crippen LogP contribution in [0.15, 0.2) is 36.0 Å². The standard InChI is InChI=1S/C23H22F2N6S/c1-13-20(14-3-2-4-15(24)18(14)25)31-16(5-8-28-31)22(29-13)30-9-6-23(7-10-30)11-17-19(21(23)26)27-12-32-17/h2-5,8,12,21H,6-7,9-11,26H2,1H3/t21-/m1/s1. The molecule has 0 amide bonds. The number of hydrogen-bond acceptors (Lipinski definition) is 6. The lowest BCUT2D eigenvalue weighted by Gasteiger charge is -2.42. The summed E-state index contributed by atoms with van der Waals surface area (Å²) in [6.07, 6.45) is 4.58. The first kappa shape index (κ1) is 19.8. The van der Waals surface area contributed by atoms with Crippen molar-refractivity contribution in [1.29, 1.82) is 0 Å². The van der Waals surface area contributed by atoms with Gasteiger partial charge in [-0.25, -0.2) is 23.3 Å². The van der Waals surface area contributed by atoms with Crippen molar-refractivity contribution >= 4 is 22.7 Å². The molecule has 9 heteroatoms. The molecule has 0 saturated carbocycles. The Morgan fingerprint density at radius 1 is 1.19 bits per heavy atom. The fourth-order valence-corrected chi connectivity index (χ4v) is 6.30. The predicted molar refractivity (Wildman–Crippen MR) is 120 cm³/mol. The number of piperidine rings is 1. The third-order valence-corrected chi connectivity index (χ3v) is 7.95. The molecular formula is C23H22F2N6S. The van der Waals surface area contributed by atoms with E-state index in [2.05, 4.69) is 15.0 Å². The second-order valence-corrected chi connectivity index (χ2v) is 9.70. The molecule has 32 heavy (non-hydrogen) atoms. The quantitative estimate of drug-likeness (QED) is 0.492. The van der Waals surface area contributed by atoms with Gasteiger partial charge >= 0.3 is 0 Å². The summed E-state index contributed by atoms with van der Waals surface area (Å²) >= 11 is 1.70. The van der Waals surface area contributed by atoms with Crippen LogP contribution in [-0.4, -0.2) is 32.7 Å². The van der Waals surface area contributed by atoms with Crippen LogP contribution in [0.5, 0.6) is 0 Å². The van der Waals surface area contributed by atoms with Gasteiger partial charge in [0.15, 0.2) is 17.5 Å². The highest BCUT2D eigenvalue weighted by atomic mass is 32.1. The summed E-state index contributed by atoms with van der Waals surface area (Å²) in [5.74, 6) is -0.962. The molecule has 1 aliphatic carbocycles. The molecule has 3 aromatic heterocycles. The Hall–Kier alpha value is -2.91. The minimum Gasteiger partial charge on any atom is -0.355 e. The second kappa shape index (κ2) is 7.05. The molecule has 0 bridgehead atoms. The Morgan fingerprint density at radius 3 is 2.78 bits per heavy atom. The molecule has 4 aromatic rings. The van der Waals surface area contributed by atoms with Gasteiger partial charge in [0.2, 0.25) is 0 Å². The van der Waals surface area contributed by atoms with Crippen LogP contribution in [-0.2, 0) is 6.42 Å². The molecule has 2 aliphatic rings. The molecule has 2 N–H and O–H groups in total. The van der Waals surface area contributed by atoms with Crippen LogP contribution in [0, 0.1) is 24.0 Å². The number of anilines is 1. The number of fused-ring (bicyclic) bond motifs is 2. The molecule has 1 aromatic carbocycles. The molecular weight excluding hydrogens is 430 g/mol. The van der Waals surface area contributed by atoms with E-state index in [1.807, 2.05) is 18.5 Å². The van der Waals surface area contributed by atoms with Gasteiger partial charge in [-0.2, -0.15) is 5.10 Å². The SMILES string of the molecule is Cc1nc(N2CCC3(CC2)Cc2scnc2[C@H]3N)c2ccnn2c1-c1cccc(F)c1F. The third-order valence-electron chi connectivity index (χ3n) is 7.10. The largest absolute Gasteiger partial charge is 0.355 e. The zero-order valence-corrected chi connectivity index (χ0v) is 18.4. The number of hydrogen-bond donors (Lipinski definition) is 1. The van der Waals surface area contributed by atoms with Gasteiger partial charge in [0, 0.05) is 23.5 Å². The highest BCUT2D eigenvalue weighted by Crippen LogP contribution is 2.51. The minimum absolute atomic E-state index is 0.0195. The van der Waals surface area contributed by atoms with Crippen molar-refractivity contribution in [2.45, 2.75) is 32.2 Å². The van der Waals surface area contributed by atoms with E-state index < -0.39 is 11.6 Å². The monoisotopic (exact) mass is 452 g/mol. The smallest absolute Gasteiger partial charge is 0.168 e. The van der Waals surface area contributed by atoms with Crippen LogP contribution < -0.4 is 10.6 Å². The summed E-state index contributed by atoms with van der Waals surface area (Å²) in [5, 5.41) is 4.42. The number of aryl methyl sites for hydroxylation is 1. The van der Waals surface area contributed by atoms with Crippen LogP contribution in [0.25, 0.3) is 16.8 Å². The van der Waals surface area contributed by atoms with E-state index in [1.54, 1.807) is 28.1 Å². The number of nitrogens with zero attached hydrogens (tertiary/aromatic N) is 5. The number of aromatic nitrogens is 4. The number of benzene rings is 1. The Labute approximate surface area is 187 Å². The summed E-state index contributed by atoms with van der Waals surface area (Å²) in [6.45, 7) is 3.46. The maximum absolute atomic E-state index is 14.6. The Kier molecular flexibility index (Phi) is 4.35. The first-order valence-corrected chi connectivity index (χ1v) is 11.6. The Morgan fingerprint density at radius 2 is 2.00 bits per heavy atom. The van der Waals surface area contributed by atoms with Crippen molar-refractivity contribution in [3.63, 3.8) is 0 Å². The highest BCUT2D eigenvalue weighted by Gasteiger charge is 2.47. The molecule has 0 radical (unpaired) electrons. The van der Waals surface area contributed by atoms with Crippen LogP contribution in [0.3, 0.4) is 0 Å². The van der Waals surface area contributed by atoms with Crippen molar-refractivity contribution in [1.82, 2.24) is 19.6 Å². The van der Waals surface area contributed by atoms with Crippen molar-refractivity contribution in [3.8, 4) is 11.3 Å². The van der Waals surface area contributed by atoms with E-state index in [0.717, 1.165) is 55.4 Å².